The highest BCUT2D eigenvalue weighted by Crippen LogP contribution is 2.41. The van der Waals surface area contributed by atoms with E-state index < -0.39 is 6.04 Å². The maximum Gasteiger partial charge on any atom is 0.227 e. The van der Waals surface area contributed by atoms with Crippen LogP contribution in [0.5, 0.6) is 0 Å². The number of fused-ring (bicyclic) bond motifs is 1. The molecule has 0 amide bonds. The van der Waals surface area contributed by atoms with Crippen LogP contribution in [0.3, 0.4) is 0 Å². The predicted molar refractivity (Wildman–Crippen MR) is 110 cm³/mol. The number of benzene rings is 2. The van der Waals surface area contributed by atoms with Crippen molar-refractivity contribution in [3.63, 3.8) is 0 Å². The average molecular weight is 406 g/mol. The van der Waals surface area contributed by atoms with E-state index in [9.17, 15) is 9.18 Å². The number of carbonyl (C=O) groups excluding carboxylic acids is 1. The fourth-order valence-corrected chi connectivity index (χ4v) is 4.69. The van der Waals surface area contributed by atoms with Crippen molar-refractivity contribution in [1.82, 2.24) is 14.8 Å². The van der Waals surface area contributed by atoms with Gasteiger partial charge in [-0.15, -0.1) is 5.10 Å². The standard InChI is InChI=1S/C22H19FN4OS/c23-16-10-5-4-9-15(16)20-19-17(11-6-12-18(19)28)24-21-25-22(26-27(20)21)29-13-14-7-2-1-3-8-14/h1-5,7-10,20H,6,11-13H2,(H,24,25,26)/t20-/m0/s1. The van der Waals surface area contributed by atoms with Crippen LogP contribution in [0, 0.1) is 5.82 Å². The quantitative estimate of drug-likeness (QED) is 0.635. The van der Waals surface area contributed by atoms with Crippen LogP contribution in [-0.2, 0) is 10.5 Å². The van der Waals surface area contributed by atoms with Gasteiger partial charge in [-0.3, -0.25) is 4.79 Å². The van der Waals surface area contributed by atoms with Gasteiger partial charge in [-0.1, -0.05) is 60.3 Å². The molecule has 0 fully saturated rings. The van der Waals surface area contributed by atoms with Gasteiger partial charge in [0, 0.05) is 29.0 Å². The van der Waals surface area contributed by atoms with Crippen molar-refractivity contribution < 1.29 is 9.18 Å². The van der Waals surface area contributed by atoms with Gasteiger partial charge >= 0.3 is 0 Å². The Balaban J connectivity index is 1.54. The van der Waals surface area contributed by atoms with Crippen molar-refractivity contribution in [3.05, 3.63) is 82.8 Å². The summed E-state index contributed by atoms with van der Waals surface area (Å²) in [6.45, 7) is 0. The topological polar surface area (TPSA) is 59.8 Å². The zero-order valence-electron chi connectivity index (χ0n) is 15.6. The monoisotopic (exact) mass is 406 g/mol. The molecular formula is C22H19FN4OS. The third-order valence-electron chi connectivity index (χ3n) is 5.26. The minimum absolute atomic E-state index is 0.0478. The molecule has 1 N–H and O–H groups in total. The second-order valence-electron chi connectivity index (χ2n) is 7.15. The predicted octanol–water partition coefficient (Wildman–Crippen LogP) is 4.73. The van der Waals surface area contributed by atoms with E-state index in [-0.39, 0.29) is 11.6 Å². The van der Waals surface area contributed by atoms with Crippen molar-refractivity contribution in [1.29, 1.82) is 0 Å². The Hall–Kier alpha value is -2.93. The zero-order chi connectivity index (χ0) is 19.8. The van der Waals surface area contributed by atoms with Gasteiger partial charge in [0.2, 0.25) is 11.1 Å². The number of anilines is 1. The summed E-state index contributed by atoms with van der Waals surface area (Å²) in [6.07, 6.45) is 2.02. The second kappa shape index (κ2) is 7.48. The summed E-state index contributed by atoms with van der Waals surface area (Å²) in [4.78, 5) is 17.4. The number of halogens is 1. The van der Waals surface area contributed by atoms with Crippen molar-refractivity contribution in [2.75, 3.05) is 5.32 Å². The molecule has 5 nitrogen and oxygen atoms in total. The molecule has 5 rings (SSSR count). The van der Waals surface area contributed by atoms with Gasteiger partial charge in [0.25, 0.3) is 0 Å². The molecule has 29 heavy (non-hydrogen) atoms. The van der Waals surface area contributed by atoms with Crippen LogP contribution in [0.2, 0.25) is 0 Å². The highest BCUT2D eigenvalue weighted by atomic mass is 32.2. The van der Waals surface area contributed by atoms with Gasteiger partial charge in [0.05, 0.1) is 0 Å². The van der Waals surface area contributed by atoms with Gasteiger partial charge in [-0.25, -0.2) is 9.07 Å². The number of ketones is 1. The molecule has 0 saturated heterocycles. The molecule has 2 aliphatic rings. The first kappa shape index (κ1) is 18.1. The molecule has 1 atom stereocenters. The molecule has 0 saturated carbocycles. The third-order valence-corrected chi connectivity index (χ3v) is 6.17. The number of Topliss-reactive ketones (excluding diaryl/α,β-unsaturated/α-hetero) is 1. The first-order valence-electron chi connectivity index (χ1n) is 9.61. The molecule has 0 spiro atoms. The lowest BCUT2D eigenvalue weighted by Gasteiger charge is -2.32. The molecule has 1 aliphatic carbocycles. The fourth-order valence-electron chi connectivity index (χ4n) is 3.90. The molecule has 2 aromatic carbocycles. The number of rotatable bonds is 4. The number of nitrogens with one attached hydrogen (secondary N) is 1. The molecule has 3 aromatic rings. The van der Waals surface area contributed by atoms with Crippen LogP contribution in [-0.4, -0.2) is 20.5 Å². The molecule has 7 heteroatoms. The van der Waals surface area contributed by atoms with Crippen molar-refractivity contribution in [3.8, 4) is 0 Å². The summed E-state index contributed by atoms with van der Waals surface area (Å²) < 4.78 is 16.4. The van der Waals surface area contributed by atoms with Crippen LogP contribution in [0.15, 0.2) is 71.0 Å². The van der Waals surface area contributed by atoms with E-state index in [0.717, 1.165) is 24.3 Å². The zero-order valence-corrected chi connectivity index (χ0v) is 16.5. The van der Waals surface area contributed by atoms with Crippen LogP contribution >= 0.6 is 11.8 Å². The lowest BCUT2D eigenvalue weighted by atomic mass is 9.85. The minimum atomic E-state index is -0.589. The Morgan fingerprint density at radius 3 is 2.72 bits per heavy atom. The van der Waals surface area contributed by atoms with Crippen LogP contribution in [0.25, 0.3) is 0 Å². The van der Waals surface area contributed by atoms with E-state index >= 15 is 0 Å². The number of hydrogen-bond donors (Lipinski definition) is 1. The Morgan fingerprint density at radius 2 is 1.90 bits per heavy atom. The maximum absolute atomic E-state index is 14.7. The SMILES string of the molecule is O=C1CCCC2=C1[C@H](c1ccccc1F)n1nc(SCc3ccccc3)nc1N2. The smallest absolute Gasteiger partial charge is 0.227 e. The summed E-state index contributed by atoms with van der Waals surface area (Å²) in [5.74, 6) is 0.999. The fraction of sp³-hybridized carbons (Fsp3) is 0.227. The lowest BCUT2D eigenvalue weighted by molar-refractivity contribution is -0.116. The Bertz CT molecular complexity index is 1110. The number of hydrogen-bond acceptors (Lipinski definition) is 5. The number of nitrogens with zero attached hydrogens (tertiary/aromatic N) is 3. The highest BCUT2D eigenvalue weighted by molar-refractivity contribution is 7.98. The molecule has 0 radical (unpaired) electrons. The third kappa shape index (κ3) is 3.35. The van der Waals surface area contributed by atoms with E-state index in [2.05, 4.69) is 27.5 Å². The largest absolute Gasteiger partial charge is 0.328 e. The van der Waals surface area contributed by atoms with Crippen molar-refractivity contribution in [2.24, 2.45) is 0 Å². The Labute approximate surface area is 172 Å². The summed E-state index contributed by atoms with van der Waals surface area (Å²) in [5, 5.41) is 8.52. The Morgan fingerprint density at radius 1 is 1.10 bits per heavy atom. The van der Waals surface area contributed by atoms with Gasteiger partial charge in [0.1, 0.15) is 11.9 Å². The summed E-state index contributed by atoms with van der Waals surface area (Å²) in [6, 6.07) is 16.1. The van der Waals surface area contributed by atoms with Crippen LogP contribution in [0.4, 0.5) is 10.3 Å². The number of thioether (sulfide) groups is 1. The highest BCUT2D eigenvalue weighted by Gasteiger charge is 2.37. The molecule has 1 aromatic heterocycles. The van der Waals surface area contributed by atoms with Gasteiger partial charge in [-0.05, 0) is 24.5 Å². The minimum Gasteiger partial charge on any atom is -0.328 e. The Kier molecular flexibility index (Phi) is 4.67. The molecule has 0 bridgehead atoms. The first-order chi connectivity index (χ1) is 14.2. The normalized spacial score (nSPS) is 18.2. The molecule has 146 valence electrons. The lowest BCUT2D eigenvalue weighted by Crippen LogP contribution is -2.32. The average Bonchev–Trinajstić information content (AvgIpc) is 3.15. The van der Waals surface area contributed by atoms with E-state index in [1.54, 1.807) is 22.9 Å². The summed E-state index contributed by atoms with van der Waals surface area (Å²) in [5.41, 5.74) is 3.08. The maximum atomic E-state index is 14.7. The van der Waals surface area contributed by atoms with Gasteiger partial charge in [0.15, 0.2) is 5.78 Å². The second-order valence-corrected chi connectivity index (χ2v) is 8.10. The number of carbonyl (C=O) groups is 1. The number of allylic oxidation sites excluding steroid dienone is 2. The van der Waals surface area contributed by atoms with E-state index in [4.69, 9.17) is 0 Å². The van der Waals surface area contributed by atoms with E-state index in [0.29, 0.717) is 28.7 Å². The van der Waals surface area contributed by atoms with E-state index in [1.807, 2.05) is 18.2 Å². The molecule has 2 heterocycles. The number of aromatic nitrogens is 3. The molecule has 0 unspecified atom stereocenters. The van der Waals surface area contributed by atoms with Gasteiger partial charge < -0.3 is 5.32 Å². The summed E-state index contributed by atoms with van der Waals surface area (Å²) in [7, 11) is 0. The first-order valence-corrected chi connectivity index (χ1v) is 10.6. The van der Waals surface area contributed by atoms with Gasteiger partial charge in [-0.2, -0.15) is 4.98 Å². The van der Waals surface area contributed by atoms with Crippen molar-refractivity contribution in [2.45, 2.75) is 36.2 Å². The molecular weight excluding hydrogens is 387 g/mol. The van der Waals surface area contributed by atoms with E-state index in [1.165, 1.54) is 23.4 Å². The van der Waals surface area contributed by atoms with Crippen LogP contribution in [0.1, 0.15) is 36.4 Å². The molecule has 1 aliphatic heterocycles. The van der Waals surface area contributed by atoms with Crippen LogP contribution < -0.4 is 5.32 Å². The summed E-state index contributed by atoms with van der Waals surface area (Å²) >= 11 is 1.52. The van der Waals surface area contributed by atoms with Crippen molar-refractivity contribution >= 4 is 23.5 Å².